The van der Waals surface area contributed by atoms with Crippen LogP contribution in [0.15, 0.2) is 46.9 Å². The number of aryl methyl sites for hydroxylation is 1. The van der Waals surface area contributed by atoms with Crippen LogP contribution in [0.5, 0.6) is 0 Å². The molecule has 2 aromatic carbocycles. The van der Waals surface area contributed by atoms with Gasteiger partial charge >= 0.3 is 0 Å². The molecule has 2 nitrogen and oxygen atoms in total. The molecule has 114 valence electrons. The van der Waals surface area contributed by atoms with E-state index in [-0.39, 0.29) is 6.10 Å². The summed E-state index contributed by atoms with van der Waals surface area (Å²) in [6.07, 6.45) is 2.58. The highest BCUT2D eigenvalue weighted by Crippen LogP contribution is 2.49. The number of hydrogen-bond acceptors (Lipinski definition) is 2. The van der Waals surface area contributed by atoms with Crippen LogP contribution >= 0.6 is 15.9 Å². The maximum Gasteiger partial charge on any atom is 0.0895 e. The lowest BCUT2D eigenvalue weighted by Gasteiger charge is -2.43. The molecule has 3 heteroatoms. The van der Waals surface area contributed by atoms with Gasteiger partial charge in [0.05, 0.1) is 12.1 Å². The molecule has 0 saturated carbocycles. The summed E-state index contributed by atoms with van der Waals surface area (Å²) in [6, 6.07) is 15.7. The molecule has 22 heavy (non-hydrogen) atoms. The van der Waals surface area contributed by atoms with Crippen LogP contribution in [0.4, 0.5) is 5.69 Å². The molecule has 1 N–H and O–H groups in total. The van der Waals surface area contributed by atoms with Gasteiger partial charge in [-0.1, -0.05) is 45.8 Å². The standard InChI is InChI=1S/C19H20BrNO/c1-12-4-9-17-16(11-12)19-15(3-2-10-22-19)18(21-17)13-5-7-14(20)8-6-13/h4-9,11,15,18-19,21H,2-3,10H2,1H3. The molecule has 2 aromatic rings. The van der Waals surface area contributed by atoms with E-state index in [0.717, 1.165) is 17.5 Å². The zero-order valence-electron chi connectivity index (χ0n) is 12.7. The number of ether oxygens (including phenoxy) is 1. The minimum Gasteiger partial charge on any atom is -0.378 e. The van der Waals surface area contributed by atoms with Crippen LogP contribution in [-0.4, -0.2) is 6.61 Å². The van der Waals surface area contributed by atoms with Gasteiger partial charge in [0, 0.05) is 28.2 Å². The molecule has 2 heterocycles. The molecule has 2 aliphatic heterocycles. The van der Waals surface area contributed by atoms with Gasteiger partial charge in [0.1, 0.15) is 0 Å². The summed E-state index contributed by atoms with van der Waals surface area (Å²) in [5.41, 5.74) is 5.20. The van der Waals surface area contributed by atoms with E-state index in [1.807, 2.05) is 0 Å². The first-order valence-electron chi connectivity index (χ1n) is 7.96. The molecule has 0 bridgehead atoms. The Hall–Kier alpha value is -1.32. The molecule has 1 fully saturated rings. The van der Waals surface area contributed by atoms with Gasteiger partial charge in [-0.3, -0.25) is 0 Å². The summed E-state index contributed by atoms with van der Waals surface area (Å²) in [4.78, 5) is 0. The second-order valence-corrected chi connectivity index (χ2v) is 7.28. The van der Waals surface area contributed by atoms with Crippen LogP contribution in [0.1, 0.15) is 41.7 Å². The highest BCUT2D eigenvalue weighted by molar-refractivity contribution is 9.10. The van der Waals surface area contributed by atoms with Crippen LogP contribution in [0.3, 0.4) is 0 Å². The van der Waals surface area contributed by atoms with Crippen molar-refractivity contribution >= 4 is 21.6 Å². The van der Waals surface area contributed by atoms with E-state index >= 15 is 0 Å². The summed E-state index contributed by atoms with van der Waals surface area (Å²) >= 11 is 3.53. The Bertz CT molecular complexity index is 682. The third-order valence-corrected chi connectivity index (χ3v) is 5.38. The van der Waals surface area contributed by atoms with Gasteiger partial charge in [0.25, 0.3) is 0 Å². The number of benzene rings is 2. The van der Waals surface area contributed by atoms with Gasteiger partial charge < -0.3 is 10.1 Å². The average molecular weight is 358 g/mol. The van der Waals surface area contributed by atoms with Gasteiger partial charge in [-0.2, -0.15) is 0 Å². The molecule has 4 rings (SSSR count). The lowest BCUT2D eigenvalue weighted by molar-refractivity contribution is -0.0381. The average Bonchev–Trinajstić information content (AvgIpc) is 2.55. The zero-order chi connectivity index (χ0) is 15.1. The molecule has 0 aliphatic carbocycles. The maximum atomic E-state index is 6.19. The van der Waals surface area contributed by atoms with Gasteiger partial charge in [-0.25, -0.2) is 0 Å². The summed E-state index contributed by atoms with van der Waals surface area (Å²) in [5, 5.41) is 3.76. The van der Waals surface area contributed by atoms with Crippen LogP contribution < -0.4 is 5.32 Å². The Kier molecular flexibility index (Phi) is 3.71. The Morgan fingerprint density at radius 1 is 1.14 bits per heavy atom. The second kappa shape index (κ2) is 5.71. The molecule has 0 aromatic heterocycles. The number of rotatable bonds is 1. The molecule has 3 atom stereocenters. The first-order valence-corrected chi connectivity index (χ1v) is 8.76. The van der Waals surface area contributed by atoms with Crippen molar-refractivity contribution in [1.82, 2.24) is 0 Å². The molecular weight excluding hydrogens is 338 g/mol. The lowest BCUT2D eigenvalue weighted by Crippen LogP contribution is -2.36. The van der Waals surface area contributed by atoms with E-state index in [9.17, 15) is 0 Å². The predicted octanol–water partition coefficient (Wildman–Crippen LogP) is 5.39. The van der Waals surface area contributed by atoms with E-state index in [2.05, 4.69) is 70.6 Å². The smallest absolute Gasteiger partial charge is 0.0895 e. The third kappa shape index (κ3) is 2.46. The Morgan fingerprint density at radius 2 is 1.95 bits per heavy atom. The minimum atomic E-state index is 0.221. The van der Waals surface area contributed by atoms with E-state index in [0.29, 0.717) is 12.0 Å². The topological polar surface area (TPSA) is 21.3 Å². The third-order valence-electron chi connectivity index (χ3n) is 4.85. The van der Waals surface area contributed by atoms with Crippen molar-refractivity contribution in [3.8, 4) is 0 Å². The first-order chi connectivity index (χ1) is 10.7. The van der Waals surface area contributed by atoms with Crippen molar-refractivity contribution < 1.29 is 4.74 Å². The van der Waals surface area contributed by atoms with Crippen LogP contribution in [0.2, 0.25) is 0 Å². The largest absolute Gasteiger partial charge is 0.378 e. The van der Waals surface area contributed by atoms with Gasteiger partial charge in [0.2, 0.25) is 0 Å². The fraction of sp³-hybridized carbons (Fsp3) is 0.368. The van der Waals surface area contributed by atoms with E-state index in [1.54, 1.807) is 0 Å². The van der Waals surface area contributed by atoms with Crippen molar-refractivity contribution in [3.63, 3.8) is 0 Å². The highest BCUT2D eigenvalue weighted by Gasteiger charge is 2.39. The molecule has 3 unspecified atom stereocenters. The van der Waals surface area contributed by atoms with Gasteiger partial charge in [0.15, 0.2) is 0 Å². The van der Waals surface area contributed by atoms with Crippen LogP contribution in [-0.2, 0) is 4.74 Å². The Morgan fingerprint density at radius 3 is 2.77 bits per heavy atom. The van der Waals surface area contributed by atoms with Gasteiger partial charge in [-0.15, -0.1) is 0 Å². The normalized spacial score (nSPS) is 26.7. The molecule has 0 amide bonds. The quantitative estimate of drug-likeness (QED) is 0.738. The van der Waals surface area contributed by atoms with E-state index in [1.165, 1.54) is 28.8 Å². The zero-order valence-corrected chi connectivity index (χ0v) is 14.3. The van der Waals surface area contributed by atoms with Crippen molar-refractivity contribution in [2.24, 2.45) is 5.92 Å². The minimum absolute atomic E-state index is 0.221. The van der Waals surface area contributed by atoms with Crippen molar-refractivity contribution in [1.29, 1.82) is 0 Å². The molecular formula is C19H20BrNO. The lowest BCUT2D eigenvalue weighted by atomic mass is 9.77. The number of hydrogen-bond donors (Lipinski definition) is 1. The van der Waals surface area contributed by atoms with Gasteiger partial charge in [-0.05, 0) is 43.5 Å². The number of halogens is 1. The highest BCUT2D eigenvalue weighted by atomic mass is 79.9. The number of fused-ring (bicyclic) bond motifs is 3. The van der Waals surface area contributed by atoms with Crippen LogP contribution in [0, 0.1) is 12.8 Å². The summed E-state index contributed by atoms with van der Waals surface area (Å²) in [7, 11) is 0. The molecule has 1 saturated heterocycles. The number of anilines is 1. The fourth-order valence-corrected chi connectivity index (χ4v) is 4.05. The summed E-state index contributed by atoms with van der Waals surface area (Å²) in [6.45, 7) is 3.03. The summed E-state index contributed by atoms with van der Waals surface area (Å²) in [5.74, 6) is 0.504. The summed E-state index contributed by atoms with van der Waals surface area (Å²) < 4.78 is 7.31. The number of nitrogens with one attached hydrogen (secondary N) is 1. The SMILES string of the molecule is Cc1ccc2c(c1)C1OCCCC1C(c1ccc(Br)cc1)N2. The van der Waals surface area contributed by atoms with Crippen LogP contribution in [0.25, 0.3) is 0 Å². The molecule has 0 spiro atoms. The van der Waals surface area contributed by atoms with E-state index in [4.69, 9.17) is 4.74 Å². The Balaban J connectivity index is 1.77. The van der Waals surface area contributed by atoms with Crippen molar-refractivity contribution in [2.75, 3.05) is 11.9 Å². The molecule has 0 radical (unpaired) electrons. The monoisotopic (exact) mass is 357 g/mol. The first kappa shape index (κ1) is 14.3. The fourth-order valence-electron chi connectivity index (χ4n) is 3.79. The van der Waals surface area contributed by atoms with E-state index < -0.39 is 0 Å². The van der Waals surface area contributed by atoms with Crippen molar-refractivity contribution in [2.45, 2.75) is 31.9 Å². The Labute approximate surface area is 140 Å². The molecule has 2 aliphatic rings. The second-order valence-electron chi connectivity index (χ2n) is 6.36. The van der Waals surface area contributed by atoms with Crippen molar-refractivity contribution in [3.05, 3.63) is 63.6 Å². The maximum absolute atomic E-state index is 6.19. The predicted molar refractivity (Wildman–Crippen MR) is 93.1 cm³/mol.